The average Bonchev–Trinajstić information content (AvgIpc) is 1.83. The Morgan fingerprint density at radius 1 is 1.88 bits per heavy atom. The molecule has 0 saturated heterocycles. The summed E-state index contributed by atoms with van der Waals surface area (Å²) in [6, 6.07) is 0. The number of hydrogen-bond acceptors (Lipinski definition) is 3. The first kappa shape index (κ1) is 7.39. The Labute approximate surface area is 48.0 Å². The van der Waals surface area contributed by atoms with E-state index in [2.05, 4.69) is 10.1 Å². The van der Waals surface area contributed by atoms with Crippen LogP contribution in [0.4, 0.5) is 0 Å². The van der Waals surface area contributed by atoms with Gasteiger partial charge in [0.2, 0.25) is 5.91 Å². The van der Waals surface area contributed by atoms with E-state index in [-0.39, 0.29) is 19.2 Å². The molecule has 0 spiro atoms. The van der Waals surface area contributed by atoms with Crippen molar-refractivity contribution in [2.45, 2.75) is 0 Å². The fraction of sp³-hybridized carbons (Fsp3) is 0.750. The SMILES string of the molecule is CNC(=O)COCN. The molecule has 0 heterocycles. The van der Waals surface area contributed by atoms with E-state index < -0.39 is 0 Å². The molecule has 1 amide bonds. The van der Waals surface area contributed by atoms with Crippen molar-refractivity contribution in [3.8, 4) is 0 Å². The van der Waals surface area contributed by atoms with Gasteiger partial charge in [-0.2, -0.15) is 0 Å². The van der Waals surface area contributed by atoms with Gasteiger partial charge >= 0.3 is 0 Å². The lowest BCUT2D eigenvalue weighted by molar-refractivity contribution is -0.125. The van der Waals surface area contributed by atoms with Crippen LogP contribution >= 0.6 is 0 Å². The molecule has 0 aliphatic heterocycles. The minimum Gasteiger partial charge on any atom is -0.357 e. The molecule has 0 aliphatic carbocycles. The van der Waals surface area contributed by atoms with Gasteiger partial charge in [-0.3, -0.25) is 4.79 Å². The molecular formula is C4H10N2O2. The van der Waals surface area contributed by atoms with Crippen molar-refractivity contribution >= 4 is 5.91 Å². The van der Waals surface area contributed by atoms with Crippen LogP contribution in [-0.4, -0.2) is 26.3 Å². The second-order valence-electron chi connectivity index (χ2n) is 1.19. The minimum atomic E-state index is -0.157. The molecule has 0 radical (unpaired) electrons. The van der Waals surface area contributed by atoms with E-state index in [1.54, 1.807) is 7.05 Å². The first-order valence-electron chi connectivity index (χ1n) is 2.29. The van der Waals surface area contributed by atoms with E-state index in [0.29, 0.717) is 0 Å². The number of ether oxygens (including phenoxy) is 1. The van der Waals surface area contributed by atoms with Crippen LogP contribution in [0.1, 0.15) is 0 Å². The van der Waals surface area contributed by atoms with Crippen LogP contribution in [0, 0.1) is 0 Å². The highest BCUT2D eigenvalue weighted by Crippen LogP contribution is 1.66. The third kappa shape index (κ3) is 3.58. The zero-order valence-electron chi connectivity index (χ0n) is 4.81. The van der Waals surface area contributed by atoms with Crippen LogP contribution in [0.3, 0.4) is 0 Å². The summed E-state index contributed by atoms with van der Waals surface area (Å²) in [5.41, 5.74) is 4.93. The molecule has 0 unspecified atom stereocenters. The number of hydrogen-bond donors (Lipinski definition) is 2. The highest BCUT2D eigenvalue weighted by atomic mass is 16.5. The van der Waals surface area contributed by atoms with Gasteiger partial charge in [0.15, 0.2) is 0 Å². The van der Waals surface area contributed by atoms with Crippen molar-refractivity contribution in [1.82, 2.24) is 5.32 Å². The standard InChI is InChI=1S/C4H10N2O2/c1-6-4(7)2-8-3-5/h2-3,5H2,1H3,(H,6,7). The van der Waals surface area contributed by atoms with Crippen LogP contribution in [0.5, 0.6) is 0 Å². The van der Waals surface area contributed by atoms with Crippen LogP contribution in [0.2, 0.25) is 0 Å². The highest BCUT2D eigenvalue weighted by molar-refractivity contribution is 5.76. The van der Waals surface area contributed by atoms with Crippen LogP contribution < -0.4 is 11.1 Å². The summed E-state index contributed by atoms with van der Waals surface area (Å²) in [5.74, 6) is -0.157. The Morgan fingerprint density at radius 3 is 2.88 bits per heavy atom. The van der Waals surface area contributed by atoms with Gasteiger partial charge in [0.05, 0.1) is 6.73 Å². The predicted molar refractivity (Wildman–Crippen MR) is 29.1 cm³/mol. The van der Waals surface area contributed by atoms with Crippen LogP contribution in [-0.2, 0) is 9.53 Å². The zero-order chi connectivity index (χ0) is 6.41. The van der Waals surface area contributed by atoms with E-state index in [4.69, 9.17) is 5.73 Å². The predicted octanol–water partition coefficient (Wildman–Crippen LogP) is -1.33. The summed E-state index contributed by atoms with van der Waals surface area (Å²) in [5, 5.41) is 2.38. The van der Waals surface area contributed by atoms with E-state index in [0.717, 1.165) is 0 Å². The number of nitrogens with one attached hydrogen (secondary N) is 1. The van der Waals surface area contributed by atoms with Crippen molar-refractivity contribution < 1.29 is 9.53 Å². The third-order valence-electron chi connectivity index (χ3n) is 0.630. The number of likely N-dealkylation sites (N-methyl/N-ethyl adjacent to an activating group) is 1. The Morgan fingerprint density at radius 2 is 2.50 bits per heavy atom. The Hall–Kier alpha value is -0.610. The Balaban J connectivity index is 2.99. The van der Waals surface area contributed by atoms with E-state index in [1.165, 1.54) is 0 Å². The molecule has 4 heteroatoms. The van der Waals surface area contributed by atoms with Crippen LogP contribution in [0.25, 0.3) is 0 Å². The Kier molecular flexibility index (Phi) is 4.20. The molecule has 0 aliphatic rings. The molecule has 48 valence electrons. The molecule has 4 nitrogen and oxygen atoms in total. The van der Waals surface area contributed by atoms with E-state index >= 15 is 0 Å². The smallest absolute Gasteiger partial charge is 0.245 e. The maximum absolute atomic E-state index is 10.3. The number of nitrogens with two attached hydrogens (primary N) is 1. The maximum atomic E-state index is 10.3. The maximum Gasteiger partial charge on any atom is 0.245 e. The fourth-order valence-corrected chi connectivity index (χ4v) is 0.224. The lowest BCUT2D eigenvalue weighted by atomic mass is 10.7. The number of carbonyl (C=O) groups excluding carboxylic acids is 1. The van der Waals surface area contributed by atoms with Gasteiger partial charge in [-0.1, -0.05) is 0 Å². The van der Waals surface area contributed by atoms with Gasteiger partial charge in [0, 0.05) is 7.05 Å². The fourth-order valence-electron chi connectivity index (χ4n) is 0.224. The van der Waals surface area contributed by atoms with Gasteiger partial charge in [-0.25, -0.2) is 0 Å². The minimum absolute atomic E-state index is 0.0486. The summed E-state index contributed by atoms with van der Waals surface area (Å²) in [7, 11) is 1.54. The summed E-state index contributed by atoms with van der Waals surface area (Å²) in [4.78, 5) is 10.3. The van der Waals surface area contributed by atoms with Gasteiger partial charge in [0.25, 0.3) is 0 Å². The Bertz CT molecular complexity index is 74.4. The molecule has 0 aromatic rings. The molecular weight excluding hydrogens is 108 g/mol. The third-order valence-corrected chi connectivity index (χ3v) is 0.630. The van der Waals surface area contributed by atoms with Crippen molar-refractivity contribution in [3.05, 3.63) is 0 Å². The van der Waals surface area contributed by atoms with Gasteiger partial charge in [-0.05, 0) is 0 Å². The van der Waals surface area contributed by atoms with E-state index in [1.807, 2.05) is 0 Å². The quantitative estimate of drug-likeness (QED) is 0.451. The second kappa shape index (κ2) is 4.55. The molecule has 0 aromatic heterocycles. The molecule has 0 aromatic carbocycles. The second-order valence-corrected chi connectivity index (χ2v) is 1.19. The lowest BCUT2D eigenvalue weighted by Crippen LogP contribution is -2.24. The topological polar surface area (TPSA) is 64.3 Å². The van der Waals surface area contributed by atoms with Crippen LogP contribution in [0.15, 0.2) is 0 Å². The van der Waals surface area contributed by atoms with Gasteiger partial charge < -0.3 is 15.8 Å². The number of rotatable bonds is 3. The summed E-state index contributed by atoms with van der Waals surface area (Å²) in [6.45, 7) is 0.139. The van der Waals surface area contributed by atoms with E-state index in [9.17, 15) is 4.79 Å². The van der Waals surface area contributed by atoms with Gasteiger partial charge in [0.1, 0.15) is 6.61 Å². The molecule has 0 bridgehead atoms. The first-order chi connectivity index (χ1) is 3.81. The zero-order valence-corrected chi connectivity index (χ0v) is 4.81. The van der Waals surface area contributed by atoms with Crippen molar-refractivity contribution in [2.75, 3.05) is 20.4 Å². The molecule has 3 N–H and O–H groups in total. The monoisotopic (exact) mass is 118 g/mol. The summed E-state index contributed by atoms with van der Waals surface area (Å²) < 4.78 is 4.55. The lowest BCUT2D eigenvalue weighted by Gasteiger charge is -1.96. The van der Waals surface area contributed by atoms with Gasteiger partial charge in [-0.15, -0.1) is 0 Å². The molecule has 8 heavy (non-hydrogen) atoms. The normalized spacial score (nSPS) is 8.75. The number of carbonyl (C=O) groups is 1. The van der Waals surface area contributed by atoms with Crippen molar-refractivity contribution in [1.29, 1.82) is 0 Å². The van der Waals surface area contributed by atoms with Crippen molar-refractivity contribution in [3.63, 3.8) is 0 Å². The largest absolute Gasteiger partial charge is 0.357 e. The number of amides is 1. The molecule has 0 fully saturated rings. The molecule has 0 atom stereocenters. The van der Waals surface area contributed by atoms with Crippen molar-refractivity contribution in [2.24, 2.45) is 5.73 Å². The highest BCUT2D eigenvalue weighted by Gasteiger charge is 1.92. The first-order valence-corrected chi connectivity index (χ1v) is 2.29. The summed E-state index contributed by atoms with van der Waals surface area (Å²) >= 11 is 0. The summed E-state index contributed by atoms with van der Waals surface area (Å²) in [6.07, 6.45) is 0. The average molecular weight is 118 g/mol. The molecule has 0 rings (SSSR count). The molecule has 0 saturated carbocycles.